The molecule has 0 radical (unpaired) electrons. The highest BCUT2D eigenvalue weighted by atomic mass is 19.2. The Morgan fingerprint density at radius 1 is 1.16 bits per heavy atom. The van der Waals surface area contributed by atoms with Crippen LogP contribution in [0.5, 0.6) is 0 Å². The number of benzene rings is 1. The average Bonchev–Trinajstić information content (AvgIpc) is 2.38. The zero-order valence-electron chi connectivity index (χ0n) is 12.4. The van der Waals surface area contributed by atoms with E-state index in [1.54, 1.807) is 19.1 Å². The first-order chi connectivity index (χ1) is 8.88. The van der Waals surface area contributed by atoms with Crippen LogP contribution < -0.4 is 0 Å². The van der Waals surface area contributed by atoms with Gasteiger partial charge in [-0.3, -0.25) is 0 Å². The van der Waals surface area contributed by atoms with Crippen molar-refractivity contribution in [2.45, 2.75) is 52.9 Å². The molecule has 0 aromatic heterocycles. The quantitative estimate of drug-likeness (QED) is 0.598. The molecule has 0 spiro atoms. The van der Waals surface area contributed by atoms with Crippen LogP contribution in [0.2, 0.25) is 0 Å². The molecule has 0 bridgehead atoms. The standard InChI is InChI=1S/C17H24F2/c1-6-12(4)7-8-13(5)15-10-9-14(11(2)3)16(18)17(15)19/h9-10,12-13H,2,6-8H2,1,3-5H3. The number of allylic oxidation sites excluding steroid dienone is 1. The minimum Gasteiger partial charge on any atom is -0.203 e. The van der Waals surface area contributed by atoms with Gasteiger partial charge >= 0.3 is 0 Å². The van der Waals surface area contributed by atoms with Crippen molar-refractivity contribution in [2.24, 2.45) is 5.92 Å². The second-order valence-corrected chi connectivity index (χ2v) is 5.60. The highest BCUT2D eigenvalue weighted by Crippen LogP contribution is 2.29. The topological polar surface area (TPSA) is 0 Å². The zero-order valence-corrected chi connectivity index (χ0v) is 12.4. The molecule has 2 unspecified atom stereocenters. The van der Waals surface area contributed by atoms with Crippen molar-refractivity contribution >= 4 is 5.57 Å². The van der Waals surface area contributed by atoms with Gasteiger partial charge in [0.25, 0.3) is 0 Å². The van der Waals surface area contributed by atoms with E-state index in [0.29, 0.717) is 17.1 Å². The van der Waals surface area contributed by atoms with Crippen molar-refractivity contribution in [3.05, 3.63) is 41.5 Å². The van der Waals surface area contributed by atoms with Crippen LogP contribution in [0.3, 0.4) is 0 Å². The third-order valence-electron chi connectivity index (χ3n) is 3.89. The molecular weight excluding hydrogens is 242 g/mol. The summed E-state index contributed by atoms with van der Waals surface area (Å²) < 4.78 is 28.0. The summed E-state index contributed by atoms with van der Waals surface area (Å²) >= 11 is 0. The minimum absolute atomic E-state index is 0.0441. The van der Waals surface area contributed by atoms with Crippen molar-refractivity contribution in [3.63, 3.8) is 0 Å². The molecule has 106 valence electrons. The summed E-state index contributed by atoms with van der Waals surface area (Å²) in [5.74, 6) is -0.801. The first-order valence-electron chi connectivity index (χ1n) is 7.02. The highest BCUT2D eigenvalue weighted by Gasteiger charge is 2.18. The Bertz CT molecular complexity index is 449. The molecule has 2 atom stereocenters. The van der Waals surface area contributed by atoms with Crippen molar-refractivity contribution < 1.29 is 8.78 Å². The van der Waals surface area contributed by atoms with Crippen molar-refractivity contribution in [3.8, 4) is 0 Å². The number of hydrogen-bond acceptors (Lipinski definition) is 0. The second kappa shape index (κ2) is 6.83. The van der Waals surface area contributed by atoms with E-state index in [0.717, 1.165) is 19.3 Å². The summed E-state index contributed by atoms with van der Waals surface area (Å²) in [4.78, 5) is 0. The lowest BCUT2D eigenvalue weighted by molar-refractivity contribution is 0.449. The van der Waals surface area contributed by atoms with Gasteiger partial charge in [-0.2, -0.15) is 0 Å². The molecule has 0 nitrogen and oxygen atoms in total. The molecule has 0 saturated heterocycles. The predicted molar refractivity (Wildman–Crippen MR) is 78.2 cm³/mol. The second-order valence-electron chi connectivity index (χ2n) is 5.60. The summed E-state index contributed by atoms with van der Waals surface area (Å²) in [5, 5.41) is 0. The van der Waals surface area contributed by atoms with Gasteiger partial charge < -0.3 is 0 Å². The number of hydrogen-bond donors (Lipinski definition) is 0. The smallest absolute Gasteiger partial charge is 0.166 e. The van der Waals surface area contributed by atoms with E-state index < -0.39 is 11.6 Å². The molecule has 0 fully saturated rings. The number of halogens is 2. The van der Waals surface area contributed by atoms with Gasteiger partial charge in [-0.15, -0.1) is 0 Å². The molecule has 0 N–H and O–H groups in total. The summed E-state index contributed by atoms with van der Waals surface area (Å²) in [6.07, 6.45) is 3.05. The fourth-order valence-electron chi connectivity index (χ4n) is 2.17. The molecule has 0 saturated carbocycles. The summed E-state index contributed by atoms with van der Waals surface area (Å²) in [6, 6.07) is 3.33. The lowest BCUT2D eigenvalue weighted by atomic mass is 9.90. The van der Waals surface area contributed by atoms with Crippen molar-refractivity contribution in [1.82, 2.24) is 0 Å². The Morgan fingerprint density at radius 3 is 2.32 bits per heavy atom. The maximum absolute atomic E-state index is 14.1. The Balaban J connectivity index is 2.90. The normalized spacial score (nSPS) is 14.2. The molecule has 0 heterocycles. The van der Waals surface area contributed by atoms with E-state index >= 15 is 0 Å². The summed E-state index contributed by atoms with van der Waals surface area (Å²) in [6.45, 7) is 11.6. The van der Waals surface area contributed by atoms with Crippen LogP contribution in [0.25, 0.3) is 5.57 Å². The van der Waals surface area contributed by atoms with E-state index in [1.165, 1.54) is 0 Å². The van der Waals surface area contributed by atoms with Crippen LogP contribution in [0.4, 0.5) is 8.78 Å². The molecule has 1 aromatic carbocycles. The van der Waals surface area contributed by atoms with Gasteiger partial charge in [0.2, 0.25) is 0 Å². The lowest BCUT2D eigenvalue weighted by Gasteiger charge is -2.17. The highest BCUT2D eigenvalue weighted by molar-refractivity contribution is 5.62. The van der Waals surface area contributed by atoms with Gasteiger partial charge in [0, 0.05) is 5.56 Å². The van der Waals surface area contributed by atoms with Crippen molar-refractivity contribution in [2.75, 3.05) is 0 Å². The molecule has 1 rings (SSSR count). The van der Waals surface area contributed by atoms with Gasteiger partial charge in [0.1, 0.15) is 0 Å². The van der Waals surface area contributed by atoms with Crippen molar-refractivity contribution in [1.29, 1.82) is 0 Å². The van der Waals surface area contributed by atoms with Gasteiger partial charge in [0.15, 0.2) is 11.6 Å². The van der Waals surface area contributed by atoms with Crippen LogP contribution in [0, 0.1) is 17.6 Å². The molecule has 1 aromatic rings. The summed E-state index contributed by atoms with van der Waals surface area (Å²) in [7, 11) is 0. The third kappa shape index (κ3) is 3.89. The van der Waals surface area contributed by atoms with Crippen LogP contribution in [0.15, 0.2) is 18.7 Å². The van der Waals surface area contributed by atoms with E-state index in [9.17, 15) is 8.78 Å². The average molecular weight is 266 g/mol. The first-order valence-corrected chi connectivity index (χ1v) is 7.02. The number of rotatable bonds is 6. The largest absolute Gasteiger partial charge is 0.203 e. The first kappa shape index (κ1) is 15.9. The monoisotopic (exact) mass is 266 g/mol. The molecule has 19 heavy (non-hydrogen) atoms. The molecule has 0 aliphatic rings. The molecule has 0 amide bonds. The SMILES string of the molecule is C=C(C)c1ccc(C(C)CCC(C)CC)c(F)c1F. The zero-order chi connectivity index (χ0) is 14.6. The fourth-order valence-corrected chi connectivity index (χ4v) is 2.17. The Kier molecular flexibility index (Phi) is 5.71. The van der Waals surface area contributed by atoms with E-state index in [-0.39, 0.29) is 11.5 Å². The fraction of sp³-hybridized carbons (Fsp3) is 0.529. The van der Waals surface area contributed by atoms with Crippen LogP contribution in [0.1, 0.15) is 64.0 Å². The maximum atomic E-state index is 14.1. The van der Waals surface area contributed by atoms with Gasteiger partial charge in [-0.05, 0) is 36.3 Å². The van der Waals surface area contributed by atoms with Gasteiger partial charge in [-0.1, -0.05) is 52.3 Å². The Labute approximate surface area is 115 Å². The molecular formula is C17H24F2. The minimum atomic E-state index is -0.764. The third-order valence-corrected chi connectivity index (χ3v) is 3.89. The lowest BCUT2D eigenvalue weighted by Crippen LogP contribution is -2.04. The van der Waals surface area contributed by atoms with Crippen LogP contribution in [-0.2, 0) is 0 Å². The van der Waals surface area contributed by atoms with E-state index in [2.05, 4.69) is 20.4 Å². The van der Waals surface area contributed by atoms with E-state index in [4.69, 9.17) is 0 Å². The van der Waals surface area contributed by atoms with E-state index in [1.807, 2.05) is 6.92 Å². The molecule has 0 aliphatic heterocycles. The summed E-state index contributed by atoms with van der Waals surface area (Å²) in [5.41, 5.74) is 1.30. The predicted octanol–water partition coefficient (Wildman–Crippen LogP) is 5.93. The Hall–Kier alpha value is -1.18. The van der Waals surface area contributed by atoms with Crippen LogP contribution in [-0.4, -0.2) is 0 Å². The van der Waals surface area contributed by atoms with Crippen LogP contribution >= 0.6 is 0 Å². The molecule has 0 aliphatic carbocycles. The molecule has 2 heteroatoms. The van der Waals surface area contributed by atoms with Gasteiger partial charge in [0.05, 0.1) is 0 Å². The Morgan fingerprint density at radius 2 is 1.79 bits per heavy atom. The maximum Gasteiger partial charge on any atom is 0.166 e. The van der Waals surface area contributed by atoms with Gasteiger partial charge in [-0.25, -0.2) is 8.78 Å².